The summed E-state index contributed by atoms with van der Waals surface area (Å²) >= 11 is 7.34. The van der Waals surface area contributed by atoms with E-state index in [1.165, 1.54) is 11.3 Å². The molecular formula is C16H9ClN6OS. The molecule has 0 fully saturated rings. The van der Waals surface area contributed by atoms with E-state index >= 15 is 0 Å². The lowest BCUT2D eigenvalue weighted by molar-refractivity contribution is 0.580. The monoisotopic (exact) mass is 368 g/mol. The predicted molar refractivity (Wildman–Crippen MR) is 94.4 cm³/mol. The zero-order valence-electron chi connectivity index (χ0n) is 12.5. The minimum Gasteiger partial charge on any atom is -0.462 e. The van der Waals surface area contributed by atoms with Gasteiger partial charge in [0.1, 0.15) is 5.69 Å². The highest BCUT2D eigenvalue weighted by atomic mass is 35.5. The van der Waals surface area contributed by atoms with Gasteiger partial charge in [-0.1, -0.05) is 35.1 Å². The third-order valence-corrected chi connectivity index (χ3v) is 4.85. The number of rotatable bonds is 3. The zero-order chi connectivity index (χ0) is 16.8. The lowest BCUT2D eigenvalue weighted by Gasteiger charge is -1.95. The van der Waals surface area contributed by atoms with Gasteiger partial charge in [0.25, 0.3) is 0 Å². The normalized spacial score (nSPS) is 11.4. The summed E-state index contributed by atoms with van der Waals surface area (Å²) in [4.78, 5) is 0.684. The second kappa shape index (κ2) is 5.54. The van der Waals surface area contributed by atoms with Crippen LogP contribution in [0.25, 0.3) is 38.5 Å². The fourth-order valence-electron chi connectivity index (χ4n) is 2.49. The topological polar surface area (TPSA) is 84.9 Å². The van der Waals surface area contributed by atoms with Gasteiger partial charge in [0.2, 0.25) is 10.8 Å². The van der Waals surface area contributed by atoms with Crippen molar-refractivity contribution in [3.63, 3.8) is 0 Å². The third kappa shape index (κ3) is 2.43. The molecule has 0 radical (unpaired) electrons. The molecule has 122 valence electrons. The van der Waals surface area contributed by atoms with E-state index < -0.39 is 0 Å². The number of furan rings is 1. The number of hydrogen-bond acceptors (Lipinski definition) is 6. The fourth-order valence-corrected chi connectivity index (χ4v) is 3.42. The molecule has 5 rings (SSSR count). The maximum absolute atomic E-state index is 5.93. The van der Waals surface area contributed by atoms with Crippen LogP contribution in [0.1, 0.15) is 0 Å². The highest BCUT2D eigenvalue weighted by molar-refractivity contribution is 7.19. The van der Waals surface area contributed by atoms with Crippen molar-refractivity contribution in [2.24, 2.45) is 0 Å². The first-order chi connectivity index (χ1) is 12.3. The molecule has 0 aliphatic rings. The van der Waals surface area contributed by atoms with Crippen LogP contribution in [0.4, 0.5) is 0 Å². The van der Waals surface area contributed by atoms with Crippen LogP contribution in [0.3, 0.4) is 0 Å². The summed E-state index contributed by atoms with van der Waals surface area (Å²) in [6.45, 7) is 0. The van der Waals surface area contributed by atoms with Gasteiger partial charge in [-0.2, -0.15) is 9.61 Å². The van der Waals surface area contributed by atoms with Crippen LogP contribution in [-0.4, -0.2) is 30.0 Å². The maximum atomic E-state index is 5.93. The minimum atomic E-state index is 0.594. The van der Waals surface area contributed by atoms with E-state index in [0.29, 0.717) is 21.6 Å². The van der Waals surface area contributed by atoms with Crippen molar-refractivity contribution in [3.8, 4) is 33.5 Å². The molecule has 0 spiro atoms. The Kier molecular flexibility index (Phi) is 3.19. The minimum absolute atomic E-state index is 0.594. The molecular weight excluding hydrogens is 360 g/mol. The number of aromatic nitrogens is 6. The van der Waals surface area contributed by atoms with Crippen LogP contribution in [0.15, 0.2) is 53.1 Å². The molecule has 9 heteroatoms. The summed E-state index contributed by atoms with van der Waals surface area (Å²) in [5.41, 5.74) is 2.49. The quantitative estimate of drug-likeness (QED) is 0.517. The Labute approximate surface area is 149 Å². The van der Waals surface area contributed by atoms with Crippen LogP contribution >= 0.6 is 22.9 Å². The van der Waals surface area contributed by atoms with E-state index in [-0.39, 0.29) is 0 Å². The fraction of sp³-hybridized carbons (Fsp3) is 0. The van der Waals surface area contributed by atoms with E-state index in [9.17, 15) is 0 Å². The molecule has 0 bridgehead atoms. The zero-order valence-corrected chi connectivity index (χ0v) is 14.1. The standard InChI is InChI=1S/C16H9ClN6OS/c17-10-5-3-9(4-6-10)11-8-12(19-18-11)14-20-21-16-23(14)22-15(25-16)13-2-1-7-24-13/h1-8H,(H,18,19). The maximum Gasteiger partial charge on any atom is 0.235 e. The van der Waals surface area contributed by atoms with Crippen LogP contribution < -0.4 is 0 Å². The molecule has 4 heterocycles. The Morgan fingerprint density at radius 3 is 2.80 bits per heavy atom. The number of benzene rings is 1. The largest absolute Gasteiger partial charge is 0.462 e. The Morgan fingerprint density at radius 1 is 1.12 bits per heavy atom. The summed E-state index contributed by atoms with van der Waals surface area (Å²) in [7, 11) is 0. The third-order valence-electron chi connectivity index (χ3n) is 3.68. The van der Waals surface area contributed by atoms with Gasteiger partial charge in [-0.05, 0) is 30.3 Å². The second-order valence-electron chi connectivity index (χ2n) is 5.28. The molecule has 0 aliphatic carbocycles. The van der Waals surface area contributed by atoms with Crippen LogP contribution in [-0.2, 0) is 0 Å². The summed E-state index contributed by atoms with van der Waals surface area (Å²) in [6.07, 6.45) is 1.62. The molecule has 4 aromatic heterocycles. The molecule has 0 atom stereocenters. The Bertz CT molecular complexity index is 1160. The van der Waals surface area contributed by atoms with Crippen molar-refractivity contribution < 1.29 is 4.42 Å². The van der Waals surface area contributed by atoms with Gasteiger partial charge in [0, 0.05) is 10.6 Å². The number of nitrogens with one attached hydrogen (secondary N) is 1. The highest BCUT2D eigenvalue weighted by Crippen LogP contribution is 2.29. The van der Waals surface area contributed by atoms with Gasteiger partial charge in [0.05, 0.1) is 12.0 Å². The molecule has 0 amide bonds. The number of halogens is 1. The Hall–Kier alpha value is -2.97. The van der Waals surface area contributed by atoms with Crippen molar-refractivity contribution in [1.82, 2.24) is 30.0 Å². The molecule has 0 saturated carbocycles. The SMILES string of the molecule is Clc1ccc(-c2cc(-c3nnc4sc(-c5ccco5)nn34)[nH]n2)cc1. The van der Waals surface area contributed by atoms with E-state index in [2.05, 4.69) is 25.5 Å². The number of H-pyrrole nitrogens is 1. The lowest BCUT2D eigenvalue weighted by atomic mass is 10.1. The van der Waals surface area contributed by atoms with E-state index in [1.807, 2.05) is 42.5 Å². The predicted octanol–water partition coefficient (Wildman–Crippen LogP) is 4.16. The van der Waals surface area contributed by atoms with E-state index in [1.54, 1.807) is 10.8 Å². The van der Waals surface area contributed by atoms with Crippen molar-refractivity contribution in [1.29, 1.82) is 0 Å². The molecule has 1 N–H and O–H groups in total. The molecule has 0 aliphatic heterocycles. The summed E-state index contributed by atoms with van der Waals surface area (Å²) in [6, 6.07) is 13.1. The van der Waals surface area contributed by atoms with E-state index in [0.717, 1.165) is 22.0 Å². The molecule has 0 saturated heterocycles. The number of hydrogen-bond donors (Lipinski definition) is 1. The van der Waals surface area contributed by atoms with Crippen LogP contribution in [0.2, 0.25) is 5.02 Å². The molecule has 5 aromatic rings. The molecule has 1 aromatic carbocycles. The van der Waals surface area contributed by atoms with Crippen molar-refractivity contribution in [2.45, 2.75) is 0 Å². The van der Waals surface area contributed by atoms with Gasteiger partial charge < -0.3 is 4.42 Å². The Balaban J connectivity index is 1.56. The first-order valence-corrected chi connectivity index (χ1v) is 8.55. The average molecular weight is 369 g/mol. The average Bonchev–Trinajstić information content (AvgIpc) is 3.38. The molecule has 0 unspecified atom stereocenters. The van der Waals surface area contributed by atoms with Gasteiger partial charge >= 0.3 is 0 Å². The van der Waals surface area contributed by atoms with E-state index in [4.69, 9.17) is 16.0 Å². The van der Waals surface area contributed by atoms with Crippen molar-refractivity contribution in [2.75, 3.05) is 0 Å². The second-order valence-corrected chi connectivity index (χ2v) is 6.67. The first kappa shape index (κ1) is 14.4. The molecule has 25 heavy (non-hydrogen) atoms. The lowest BCUT2D eigenvalue weighted by Crippen LogP contribution is -1.90. The van der Waals surface area contributed by atoms with Gasteiger partial charge in [-0.15, -0.1) is 15.3 Å². The summed E-state index contributed by atoms with van der Waals surface area (Å²) in [5, 5.41) is 21.7. The van der Waals surface area contributed by atoms with Gasteiger partial charge in [0.15, 0.2) is 10.8 Å². The van der Waals surface area contributed by atoms with Crippen LogP contribution in [0.5, 0.6) is 0 Å². The van der Waals surface area contributed by atoms with Gasteiger partial charge in [-0.25, -0.2) is 0 Å². The Morgan fingerprint density at radius 2 is 2.00 bits per heavy atom. The van der Waals surface area contributed by atoms with Crippen LogP contribution in [0, 0.1) is 0 Å². The molecule has 7 nitrogen and oxygen atoms in total. The van der Waals surface area contributed by atoms with Crippen molar-refractivity contribution in [3.05, 3.63) is 53.8 Å². The van der Waals surface area contributed by atoms with Crippen molar-refractivity contribution >= 4 is 27.9 Å². The smallest absolute Gasteiger partial charge is 0.235 e. The number of nitrogens with zero attached hydrogens (tertiary/aromatic N) is 5. The summed E-state index contributed by atoms with van der Waals surface area (Å²) < 4.78 is 7.07. The number of aromatic amines is 1. The number of fused-ring (bicyclic) bond motifs is 1. The van der Waals surface area contributed by atoms with Gasteiger partial charge in [-0.3, -0.25) is 5.10 Å². The summed E-state index contributed by atoms with van der Waals surface area (Å²) in [5.74, 6) is 1.30. The highest BCUT2D eigenvalue weighted by Gasteiger charge is 2.17. The first-order valence-electron chi connectivity index (χ1n) is 7.36.